The minimum atomic E-state index is -0.630. The highest BCUT2D eigenvalue weighted by Crippen LogP contribution is 2.29. The molecule has 0 aliphatic heterocycles. The van der Waals surface area contributed by atoms with Crippen LogP contribution in [0, 0.1) is 0 Å². The summed E-state index contributed by atoms with van der Waals surface area (Å²) in [6.45, 7) is 7.13. The van der Waals surface area contributed by atoms with Crippen LogP contribution in [0.4, 0.5) is 4.79 Å². The molecule has 0 aliphatic carbocycles. The van der Waals surface area contributed by atoms with Crippen molar-refractivity contribution in [2.75, 3.05) is 0 Å². The summed E-state index contributed by atoms with van der Waals surface area (Å²) in [5.41, 5.74) is 1.66. The van der Waals surface area contributed by atoms with Gasteiger partial charge in [0.1, 0.15) is 5.60 Å². The lowest BCUT2D eigenvalue weighted by Gasteiger charge is -2.23. The van der Waals surface area contributed by atoms with Crippen LogP contribution in [0.15, 0.2) is 53.3 Å². The molecule has 6 heteroatoms. The van der Waals surface area contributed by atoms with Crippen molar-refractivity contribution in [2.45, 2.75) is 39.3 Å². The van der Waals surface area contributed by atoms with Crippen LogP contribution in [-0.2, 0) is 4.74 Å². The summed E-state index contributed by atoms with van der Waals surface area (Å²) in [7, 11) is 0. The molecule has 5 nitrogen and oxygen atoms in total. The Balaban J connectivity index is 2.16. The van der Waals surface area contributed by atoms with Crippen LogP contribution in [0.2, 0.25) is 5.02 Å². The third-order valence-electron chi connectivity index (χ3n) is 4.25. The molecule has 1 heterocycles. The molecule has 3 rings (SSSR count). The molecule has 0 saturated carbocycles. The summed E-state index contributed by atoms with van der Waals surface area (Å²) < 4.78 is 5.34. The zero-order valence-electron chi connectivity index (χ0n) is 16.3. The molecule has 0 bridgehead atoms. The van der Waals surface area contributed by atoms with Crippen LogP contribution < -0.4 is 10.7 Å². The second kappa shape index (κ2) is 7.68. The molecule has 146 valence electrons. The number of aromatic amines is 1. The molecule has 2 N–H and O–H groups in total. The van der Waals surface area contributed by atoms with E-state index in [0.29, 0.717) is 27.2 Å². The van der Waals surface area contributed by atoms with Gasteiger partial charge in [-0.2, -0.15) is 0 Å². The van der Waals surface area contributed by atoms with E-state index in [4.69, 9.17) is 16.3 Å². The average molecular weight is 399 g/mol. The summed E-state index contributed by atoms with van der Waals surface area (Å²) in [6, 6.07) is 14.1. The SMILES string of the molecule is CC(NC(=O)OC(C)(C)C)c1c(-c2ccccc2)[nH]c2c(Cl)cccc2c1=O. The lowest BCUT2D eigenvalue weighted by atomic mass is 9.98. The van der Waals surface area contributed by atoms with Gasteiger partial charge in [-0.15, -0.1) is 0 Å². The molecule has 0 radical (unpaired) electrons. The second-order valence-electron chi connectivity index (χ2n) is 7.64. The Morgan fingerprint density at radius 1 is 1.11 bits per heavy atom. The molecule has 28 heavy (non-hydrogen) atoms. The predicted octanol–water partition coefficient (Wildman–Crippen LogP) is 5.43. The molecular formula is C22H23ClN2O3. The van der Waals surface area contributed by atoms with E-state index in [1.807, 2.05) is 30.3 Å². The summed E-state index contributed by atoms with van der Waals surface area (Å²) in [4.78, 5) is 28.9. The quantitative estimate of drug-likeness (QED) is 0.617. The molecular weight excluding hydrogens is 376 g/mol. The van der Waals surface area contributed by atoms with Crippen LogP contribution in [0.25, 0.3) is 22.2 Å². The van der Waals surface area contributed by atoms with Crippen molar-refractivity contribution in [1.29, 1.82) is 0 Å². The fourth-order valence-electron chi connectivity index (χ4n) is 3.09. The summed E-state index contributed by atoms with van der Waals surface area (Å²) in [5, 5.41) is 3.71. The van der Waals surface area contributed by atoms with Gasteiger partial charge in [-0.25, -0.2) is 4.79 Å². The third-order valence-corrected chi connectivity index (χ3v) is 4.57. The first-order valence-corrected chi connectivity index (χ1v) is 9.44. The van der Waals surface area contributed by atoms with Gasteiger partial charge in [0.05, 0.1) is 22.3 Å². The number of fused-ring (bicyclic) bond motifs is 1. The second-order valence-corrected chi connectivity index (χ2v) is 8.05. The molecule has 0 fully saturated rings. The standard InChI is InChI=1S/C22H23ClN2O3/c1-13(24-21(27)28-22(2,3)4)17-18(14-9-6-5-7-10-14)25-19-15(20(17)26)11-8-12-16(19)23/h5-13H,1-4H3,(H,24,27)(H,25,26). The van der Waals surface area contributed by atoms with E-state index in [-0.39, 0.29) is 5.43 Å². The summed E-state index contributed by atoms with van der Waals surface area (Å²) >= 11 is 6.32. The monoisotopic (exact) mass is 398 g/mol. The number of halogens is 1. The zero-order chi connectivity index (χ0) is 20.5. The Morgan fingerprint density at radius 3 is 2.43 bits per heavy atom. The number of amides is 1. The topological polar surface area (TPSA) is 71.2 Å². The smallest absolute Gasteiger partial charge is 0.408 e. The molecule has 2 aromatic carbocycles. The van der Waals surface area contributed by atoms with Crippen molar-refractivity contribution in [3.05, 3.63) is 69.3 Å². The van der Waals surface area contributed by atoms with E-state index >= 15 is 0 Å². The Kier molecular flexibility index (Phi) is 5.47. The van der Waals surface area contributed by atoms with Gasteiger partial charge in [-0.1, -0.05) is 48.0 Å². The van der Waals surface area contributed by atoms with Crippen LogP contribution in [0.3, 0.4) is 0 Å². The fourth-order valence-corrected chi connectivity index (χ4v) is 3.32. The number of nitrogens with one attached hydrogen (secondary N) is 2. The minimum Gasteiger partial charge on any atom is -0.444 e. The van der Waals surface area contributed by atoms with E-state index < -0.39 is 17.7 Å². The van der Waals surface area contributed by atoms with Crippen molar-refractivity contribution in [3.8, 4) is 11.3 Å². The number of H-pyrrole nitrogens is 1. The highest BCUT2D eigenvalue weighted by molar-refractivity contribution is 6.35. The first-order chi connectivity index (χ1) is 13.2. The number of aromatic nitrogens is 1. The Labute approximate surface area is 168 Å². The number of alkyl carbamates (subject to hydrolysis) is 1. The highest BCUT2D eigenvalue weighted by Gasteiger charge is 2.23. The van der Waals surface area contributed by atoms with E-state index in [9.17, 15) is 9.59 Å². The number of carbonyl (C=O) groups excluding carboxylic acids is 1. The summed E-state index contributed by atoms with van der Waals surface area (Å²) in [6.07, 6.45) is -0.579. The van der Waals surface area contributed by atoms with Crippen molar-refractivity contribution in [2.24, 2.45) is 0 Å². The number of rotatable bonds is 3. The average Bonchev–Trinajstić information content (AvgIpc) is 2.61. The molecule has 3 aromatic rings. The Hall–Kier alpha value is -2.79. The molecule has 1 atom stereocenters. The first kappa shape index (κ1) is 20.0. The maximum Gasteiger partial charge on any atom is 0.408 e. The highest BCUT2D eigenvalue weighted by atomic mass is 35.5. The number of hydrogen-bond acceptors (Lipinski definition) is 3. The molecule has 0 aliphatic rings. The van der Waals surface area contributed by atoms with Crippen molar-refractivity contribution in [1.82, 2.24) is 10.3 Å². The van der Waals surface area contributed by atoms with Crippen molar-refractivity contribution < 1.29 is 9.53 Å². The van der Waals surface area contributed by atoms with Crippen LogP contribution in [-0.4, -0.2) is 16.7 Å². The van der Waals surface area contributed by atoms with Gasteiger partial charge < -0.3 is 15.0 Å². The molecule has 0 spiro atoms. The van der Waals surface area contributed by atoms with Gasteiger partial charge in [0.2, 0.25) is 0 Å². The molecule has 0 saturated heterocycles. The van der Waals surface area contributed by atoms with E-state index in [1.165, 1.54) is 0 Å². The number of carbonyl (C=O) groups is 1. The largest absolute Gasteiger partial charge is 0.444 e. The first-order valence-electron chi connectivity index (χ1n) is 9.06. The number of benzene rings is 2. The van der Waals surface area contributed by atoms with Crippen LogP contribution >= 0.6 is 11.6 Å². The summed E-state index contributed by atoms with van der Waals surface area (Å²) in [5.74, 6) is 0. The van der Waals surface area contributed by atoms with Gasteiger partial charge in [0.15, 0.2) is 5.43 Å². The number of hydrogen-bond donors (Lipinski definition) is 2. The van der Waals surface area contributed by atoms with Crippen molar-refractivity contribution in [3.63, 3.8) is 0 Å². The Morgan fingerprint density at radius 2 is 1.79 bits per heavy atom. The third kappa shape index (κ3) is 4.20. The normalized spacial score (nSPS) is 12.6. The van der Waals surface area contributed by atoms with Crippen LogP contribution in [0.1, 0.15) is 39.3 Å². The van der Waals surface area contributed by atoms with Gasteiger partial charge >= 0.3 is 6.09 Å². The van der Waals surface area contributed by atoms with Gasteiger partial charge in [-0.05, 0) is 45.4 Å². The van der Waals surface area contributed by atoms with E-state index in [0.717, 1.165) is 5.56 Å². The van der Waals surface area contributed by atoms with Crippen molar-refractivity contribution >= 4 is 28.6 Å². The lowest BCUT2D eigenvalue weighted by Crippen LogP contribution is -2.36. The van der Waals surface area contributed by atoms with Gasteiger partial charge in [0, 0.05) is 10.9 Å². The molecule has 1 unspecified atom stereocenters. The number of pyridine rings is 1. The maximum atomic E-state index is 13.3. The fraction of sp³-hybridized carbons (Fsp3) is 0.273. The van der Waals surface area contributed by atoms with E-state index in [1.54, 1.807) is 45.9 Å². The van der Waals surface area contributed by atoms with Crippen LogP contribution in [0.5, 0.6) is 0 Å². The van der Waals surface area contributed by atoms with Gasteiger partial charge in [-0.3, -0.25) is 4.79 Å². The van der Waals surface area contributed by atoms with E-state index in [2.05, 4.69) is 10.3 Å². The lowest BCUT2D eigenvalue weighted by molar-refractivity contribution is 0.0508. The minimum absolute atomic E-state index is 0.182. The number of para-hydroxylation sites is 1. The predicted molar refractivity (Wildman–Crippen MR) is 113 cm³/mol. The van der Waals surface area contributed by atoms with Gasteiger partial charge in [0.25, 0.3) is 0 Å². The zero-order valence-corrected chi connectivity index (χ0v) is 17.1. The Bertz CT molecular complexity index is 1070. The number of ether oxygens (including phenoxy) is 1. The molecule has 1 amide bonds. The maximum absolute atomic E-state index is 13.3. The molecule has 1 aromatic heterocycles.